The van der Waals surface area contributed by atoms with Crippen molar-refractivity contribution in [3.63, 3.8) is 0 Å². The fraction of sp³-hybridized carbons (Fsp3) is 0.600. The van der Waals surface area contributed by atoms with Gasteiger partial charge in [-0.3, -0.25) is 0 Å². The van der Waals surface area contributed by atoms with Crippen LogP contribution in [0.1, 0.15) is 30.9 Å². The van der Waals surface area contributed by atoms with Gasteiger partial charge in [0.25, 0.3) is 0 Å². The van der Waals surface area contributed by atoms with Gasteiger partial charge in [-0.1, -0.05) is 0 Å². The molecule has 1 fully saturated rings. The van der Waals surface area contributed by atoms with E-state index in [9.17, 15) is 0 Å². The summed E-state index contributed by atoms with van der Waals surface area (Å²) in [5.41, 5.74) is 2.17. The van der Waals surface area contributed by atoms with Gasteiger partial charge in [0.1, 0.15) is 11.5 Å². The van der Waals surface area contributed by atoms with Crippen molar-refractivity contribution in [3.05, 3.63) is 23.3 Å². The third-order valence-corrected chi connectivity index (χ3v) is 3.90. The predicted octanol–water partition coefficient (Wildman–Crippen LogP) is 2.45. The highest BCUT2D eigenvalue weighted by atomic mass is 16.5. The van der Waals surface area contributed by atoms with Gasteiger partial charge in [-0.05, 0) is 44.0 Å². The Labute approximate surface area is 115 Å². The van der Waals surface area contributed by atoms with Crippen LogP contribution in [0.3, 0.4) is 0 Å². The quantitative estimate of drug-likeness (QED) is 0.887. The van der Waals surface area contributed by atoms with Crippen LogP contribution in [-0.4, -0.2) is 27.9 Å². The number of ether oxygens (including phenoxy) is 3. The first-order valence-corrected chi connectivity index (χ1v) is 6.64. The van der Waals surface area contributed by atoms with Crippen LogP contribution in [0.5, 0.6) is 11.5 Å². The van der Waals surface area contributed by atoms with E-state index in [2.05, 4.69) is 24.4 Å². The minimum absolute atomic E-state index is 0.00611. The third-order valence-electron chi connectivity index (χ3n) is 3.90. The average molecular weight is 265 g/mol. The van der Waals surface area contributed by atoms with Gasteiger partial charge < -0.3 is 19.5 Å². The van der Waals surface area contributed by atoms with Crippen molar-refractivity contribution in [2.24, 2.45) is 0 Å². The molecule has 0 saturated carbocycles. The Bertz CT molecular complexity index is 414. The van der Waals surface area contributed by atoms with Crippen LogP contribution >= 0.6 is 0 Å². The van der Waals surface area contributed by atoms with Gasteiger partial charge in [-0.15, -0.1) is 0 Å². The minimum atomic E-state index is 0.00611. The van der Waals surface area contributed by atoms with Crippen molar-refractivity contribution < 1.29 is 14.2 Å². The second-order valence-electron chi connectivity index (χ2n) is 5.15. The van der Waals surface area contributed by atoms with Crippen molar-refractivity contribution >= 4 is 0 Å². The predicted molar refractivity (Wildman–Crippen MR) is 74.8 cm³/mol. The molecule has 1 aromatic rings. The van der Waals surface area contributed by atoms with Crippen LogP contribution in [0.25, 0.3) is 0 Å². The highest BCUT2D eigenvalue weighted by Gasteiger charge is 2.31. The molecule has 0 aliphatic carbocycles. The van der Waals surface area contributed by atoms with E-state index in [0.29, 0.717) is 6.61 Å². The summed E-state index contributed by atoms with van der Waals surface area (Å²) in [7, 11) is 5.04. The third kappa shape index (κ3) is 2.69. The summed E-state index contributed by atoms with van der Waals surface area (Å²) in [5.74, 6) is 1.65. The number of rotatable bonds is 5. The summed E-state index contributed by atoms with van der Waals surface area (Å²) in [5, 5.41) is 3.56. The molecule has 106 valence electrons. The molecule has 2 rings (SSSR count). The Kier molecular flexibility index (Phi) is 4.32. The maximum Gasteiger partial charge on any atom is 0.128 e. The topological polar surface area (TPSA) is 39.7 Å². The minimum Gasteiger partial charge on any atom is -0.496 e. The van der Waals surface area contributed by atoms with Crippen molar-refractivity contribution in [1.82, 2.24) is 5.32 Å². The van der Waals surface area contributed by atoms with Gasteiger partial charge in [-0.25, -0.2) is 0 Å². The molecule has 4 nitrogen and oxygen atoms in total. The number of hydrogen-bond donors (Lipinski definition) is 1. The molecule has 1 atom stereocenters. The molecule has 0 aromatic heterocycles. The average Bonchev–Trinajstić information content (AvgIpc) is 2.87. The highest BCUT2D eigenvalue weighted by Crippen LogP contribution is 2.38. The summed E-state index contributed by atoms with van der Waals surface area (Å²) in [6.07, 6.45) is 2.32. The van der Waals surface area contributed by atoms with Gasteiger partial charge in [-0.2, -0.15) is 0 Å². The fourth-order valence-electron chi connectivity index (χ4n) is 2.73. The Balaban J connectivity index is 2.46. The number of nitrogens with one attached hydrogen (secondary N) is 1. The van der Waals surface area contributed by atoms with E-state index in [1.54, 1.807) is 21.3 Å². The summed E-state index contributed by atoms with van der Waals surface area (Å²) in [4.78, 5) is 0. The molecule has 1 saturated heterocycles. The lowest BCUT2D eigenvalue weighted by Crippen LogP contribution is -2.33. The highest BCUT2D eigenvalue weighted by molar-refractivity contribution is 5.49. The molecule has 1 unspecified atom stereocenters. The molecule has 0 amide bonds. The summed E-state index contributed by atoms with van der Waals surface area (Å²) in [6, 6.07) is 4.18. The molecule has 1 N–H and O–H groups in total. The van der Waals surface area contributed by atoms with Crippen molar-refractivity contribution in [3.8, 4) is 11.5 Å². The first kappa shape index (κ1) is 14.2. The van der Waals surface area contributed by atoms with Crippen molar-refractivity contribution in [2.75, 3.05) is 27.9 Å². The van der Waals surface area contributed by atoms with Crippen LogP contribution in [0, 0.1) is 0 Å². The van der Waals surface area contributed by atoms with Crippen molar-refractivity contribution in [2.45, 2.75) is 31.9 Å². The molecule has 0 spiro atoms. The lowest BCUT2D eigenvalue weighted by Gasteiger charge is -2.27. The van der Waals surface area contributed by atoms with E-state index in [1.807, 2.05) is 0 Å². The van der Waals surface area contributed by atoms with E-state index in [0.717, 1.165) is 30.0 Å². The molecule has 1 aliphatic heterocycles. The lowest BCUT2D eigenvalue weighted by atomic mass is 9.89. The fourth-order valence-corrected chi connectivity index (χ4v) is 2.73. The van der Waals surface area contributed by atoms with Gasteiger partial charge in [0.2, 0.25) is 0 Å². The SMILES string of the molecule is COCc1c(OC)cc(C2(C)CCCN2)cc1OC. The van der Waals surface area contributed by atoms with Crippen LogP contribution in [-0.2, 0) is 16.9 Å². The molecule has 1 aromatic carbocycles. The standard InChI is InChI=1S/C15H23NO3/c1-15(6-5-7-16-15)11-8-13(18-3)12(10-17-2)14(9-11)19-4/h8-9,16H,5-7,10H2,1-4H3. The Morgan fingerprint density at radius 3 is 2.21 bits per heavy atom. The first-order chi connectivity index (χ1) is 9.14. The Hall–Kier alpha value is -1.26. The molecule has 0 radical (unpaired) electrons. The van der Waals surface area contributed by atoms with E-state index in [1.165, 1.54) is 12.0 Å². The molecule has 4 heteroatoms. The Morgan fingerprint density at radius 1 is 1.16 bits per heavy atom. The largest absolute Gasteiger partial charge is 0.496 e. The first-order valence-electron chi connectivity index (χ1n) is 6.64. The number of benzene rings is 1. The van der Waals surface area contributed by atoms with E-state index < -0.39 is 0 Å². The van der Waals surface area contributed by atoms with Gasteiger partial charge in [0, 0.05) is 12.6 Å². The Morgan fingerprint density at radius 2 is 1.79 bits per heavy atom. The van der Waals surface area contributed by atoms with Crippen LogP contribution in [0.15, 0.2) is 12.1 Å². The second-order valence-corrected chi connectivity index (χ2v) is 5.15. The zero-order valence-electron chi connectivity index (χ0n) is 12.2. The van der Waals surface area contributed by atoms with Crippen LogP contribution < -0.4 is 14.8 Å². The van der Waals surface area contributed by atoms with Crippen molar-refractivity contribution in [1.29, 1.82) is 0 Å². The zero-order valence-corrected chi connectivity index (χ0v) is 12.2. The van der Waals surface area contributed by atoms with Crippen LogP contribution in [0.4, 0.5) is 0 Å². The summed E-state index contributed by atoms with van der Waals surface area (Å²) in [6.45, 7) is 3.77. The molecule has 1 heterocycles. The number of methoxy groups -OCH3 is 3. The zero-order chi connectivity index (χ0) is 13.9. The summed E-state index contributed by atoms with van der Waals surface area (Å²) >= 11 is 0. The molecule has 19 heavy (non-hydrogen) atoms. The normalized spacial score (nSPS) is 22.5. The van der Waals surface area contributed by atoms with E-state index >= 15 is 0 Å². The maximum atomic E-state index is 5.50. The molecular weight excluding hydrogens is 242 g/mol. The number of hydrogen-bond acceptors (Lipinski definition) is 4. The van der Waals surface area contributed by atoms with Gasteiger partial charge in [0.15, 0.2) is 0 Å². The smallest absolute Gasteiger partial charge is 0.128 e. The van der Waals surface area contributed by atoms with E-state index in [-0.39, 0.29) is 5.54 Å². The van der Waals surface area contributed by atoms with Crippen LogP contribution in [0.2, 0.25) is 0 Å². The van der Waals surface area contributed by atoms with E-state index in [4.69, 9.17) is 14.2 Å². The van der Waals surface area contributed by atoms with Gasteiger partial charge >= 0.3 is 0 Å². The lowest BCUT2D eigenvalue weighted by molar-refractivity contribution is 0.178. The van der Waals surface area contributed by atoms with Gasteiger partial charge in [0.05, 0.1) is 26.4 Å². The molecule has 1 aliphatic rings. The molecular formula is C15H23NO3. The monoisotopic (exact) mass is 265 g/mol. The maximum absolute atomic E-state index is 5.50. The second kappa shape index (κ2) is 5.80. The summed E-state index contributed by atoms with van der Waals surface area (Å²) < 4.78 is 16.2. The molecule has 0 bridgehead atoms.